The summed E-state index contributed by atoms with van der Waals surface area (Å²) in [6.45, 7) is 0.556. The normalized spacial score (nSPS) is 11.2. The Balaban J connectivity index is 1.44. The fourth-order valence-electron chi connectivity index (χ4n) is 3.17. The number of ether oxygens (including phenoxy) is 1. The van der Waals surface area contributed by atoms with E-state index in [0.717, 1.165) is 5.56 Å². The van der Waals surface area contributed by atoms with Gasteiger partial charge in [0.05, 0.1) is 16.5 Å². The van der Waals surface area contributed by atoms with Gasteiger partial charge in [-0.3, -0.25) is 4.79 Å². The molecule has 0 aliphatic rings. The Hall–Kier alpha value is -2.69. The highest BCUT2D eigenvalue weighted by atomic mass is 35.5. The molecule has 0 aromatic heterocycles. The average molecular weight is 567 g/mol. The third kappa shape index (κ3) is 8.18. The molecule has 2 N–H and O–H groups in total. The summed E-state index contributed by atoms with van der Waals surface area (Å²) in [5, 5.41) is 6.50. The minimum Gasteiger partial charge on any atom is -0.492 e. The Morgan fingerprint density at radius 1 is 1.03 bits per heavy atom. The van der Waals surface area contributed by atoms with Gasteiger partial charge in [-0.25, -0.2) is 8.42 Å². The maximum Gasteiger partial charge on any atom is 0.243 e. The van der Waals surface area contributed by atoms with Crippen LogP contribution in [-0.4, -0.2) is 37.4 Å². The maximum atomic E-state index is 12.9. The molecule has 0 spiro atoms. The van der Waals surface area contributed by atoms with Crippen molar-refractivity contribution in [3.05, 3.63) is 88.4 Å². The number of hydrogen-bond acceptors (Lipinski definition) is 5. The number of carbonyl (C=O) groups is 1. The van der Waals surface area contributed by atoms with Crippen molar-refractivity contribution in [2.24, 2.45) is 0 Å². The number of amides is 1. The van der Waals surface area contributed by atoms with Gasteiger partial charge >= 0.3 is 0 Å². The largest absolute Gasteiger partial charge is 0.492 e. The second kappa shape index (κ2) is 13.0. The van der Waals surface area contributed by atoms with Crippen LogP contribution in [0.15, 0.2) is 77.7 Å². The second-order valence-electron chi connectivity index (χ2n) is 7.80. The van der Waals surface area contributed by atoms with Crippen molar-refractivity contribution >= 4 is 62.2 Å². The minimum atomic E-state index is -3.66. The number of anilines is 1. The molecule has 3 rings (SSSR count). The first-order valence-corrected chi connectivity index (χ1v) is 13.5. The Morgan fingerprint density at radius 2 is 1.72 bits per heavy atom. The van der Waals surface area contributed by atoms with Crippen molar-refractivity contribution in [2.75, 3.05) is 19.0 Å². The Kier molecular flexibility index (Phi) is 10.1. The van der Waals surface area contributed by atoms with Gasteiger partial charge in [0.25, 0.3) is 0 Å². The van der Waals surface area contributed by atoms with Crippen molar-refractivity contribution in [1.82, 2.24) is 9.62 Å². The standard InChI is InChI=1S/C25H25Cl2N3O4S2/c1-30(17-18-6-3-2-4-7-18)36(32,33)21-12-10-20(11-13-21)28-25(35)29-24(31)8-5-15-34-23-14-9-19(26)16-22(23)27/h2-4,6-7,9-14,16H,5,8,15,17H2,1H3,(H2,28,29,31,35). The quantitative estimate of drug-likeness (QED) is 0.250. The summed E-state index contributed by atoms with van der Waals surface area (Å²) in [6.07, 6.45) is 0.647. The van der Waals surface area contributed by atoms with E-state index < -0.39 is 10.0 Å². The number of rotatable bonds is 10. The van der Waals surface area contributed by atoms with Crippen molar-refractivity contribution in [2.45, 2.75) is 24.3 Å². The van der Waals surface area contributed by atoms with Gasteiger partial charge in [0.1, 0.15) is 5.75 Å². The van der Waals surface area contributed by atoms with Crippen molar-refractivity contribution in [1.29, 1.82) is 0 Å². The Morgan fingerprint density at radius 3 is 2.39 bits per heavy atom. The predicted molar refractivity (Wildman–Crippen MR) is 147 cm³/mol. The number of halogens is 2. The molecule has 3 aromatic carbocycles. The van der Waals surface area contributed by atoms with E-state index in [0.29, 0.717) is 34.5 Å². The Labute approximate surface area is 226 Å². The molecular formula is C25H25Cl2N3O4S2. The number of sulfonamides is 1. The molecule has 0 atom stereocenters. The van der Waals surface area contributed by atoms with E-state index in [1.54, 1.807) is 30.3 Å². The van der Waals surface area contributed by atoms with E-state index in [1.165, 1.54) is 23.5 Å². The van der Waals surface area contributed by atoms with Crippen LogP contribution in [-0.2, 0) is 21.4 Å². The van der Waals surface area contributed by atoms with Crippen LogP contribution >= 0.6 is 35.4 Å². The monoisotopic (exact) mass is 565 g/mol. The molecule has 11 heteroatoms. The molecule has 0 aliphatic heterocycles. The molecule has 0 saturated heterocycles. The lowest BCUT2D eigenvalue weighted by Crippen LogP contribution is -2.34. The molecule has 0 aliphatic carbocycles. The van der Waals surface area contributed by atoms with E-state index in [4.69, 9.17) is 40.2 Å². The molecule has 7 nitrogen and oxygen atoms in total. The molecule has 0 unspecified atom stereocenters. The van der Waals surface area contributed by atoms with Crippen molar-refractivity contribution in [3.63, 3.8) is 0 Å². The topological polar surface area (TPSA) is 87.7 Å². The molecule has 0 fully saturated rings. The Bertz CT molecular complexity index is 1300. The summed E-state index contributed by atoms with van der Waals surface area (Å²) in [4.78, 5) is 12.3. The average Bonchev–Trinajstić information content (AvgIpc) is 2.83. The fourth-order valence-corrected chi connectivity index (χ4v) is 5.03. The lowest BCUT2D eigenvalue weighted by atomic mass is 10.2. The summed E-state index contributed by atoms with van der Waals surface area (Å²) in [5.74, 6) is 0.218. The third-order valence-corrected chi connectivity index (χ3v) is 7.57. The van der Waals surface area contributed by atoms with Crippen molar-refractivity contribution < 1.29 is 17.9 Å². The van der Waals surface area contributed by atoms with Crippen LogP contribution in [0.25, 0.3) is 0 Å². The van der Waals surface area contributed by atoms with Gasteiger partial charge in [-0.1, -0.05) is 53.5 Å². The highest BCUT2D eigenvalue weighted by Crippen LogP contribution is 2.27. The van der Waals surface area contributed by atoms with Crippen LogP contribution in [0.4, 0.5) is 5.69 Å². The molecule has 0 radical (unpaired) electrons. The number of nitrogens with zero attached hydrogens (tertiary/aromatic N) is 1. The lowest BCUT2D eigenvalue weighted by Gasteiger charge is -2.17. The predicted octanol–water partition coefficient (Wildman–Crippen LogP) is 5.49. The van der Waals surface area contributed by atoms with Gasteiger partial charge in [0.15, 0.2) is 5.11 Å². The van der Waals surface area contributed by atoms with Crippen LogP contribution in [0.2, 0.25) is 10.0 Å². The molecule has 0 saturated carbocycles. The van der Waals surface area contributed by atoms with E-state index in [2.05, 4.69) is 10.6 Å². The van der Waals surface area contributed by atoms with E-state index in [-0.39, 0.29) is 28.9 Å². The van der Waals surface area contributed by atoms with Crippen molar-refractivity contribution in [3.8, 4) is 5.75 Å². The third-order valence-electron chi connectivity index (χ3n) is 5.02. The molecule has 0 bridgehead atoms. The summed E-state index contributed by atoms with van der Waals surface area (Å²) in [6, 6.07) is 20.4. The summed E-state index contributed by atoms with van der Waals surface area (Å²) in [5.41, 5.74) is 1.44. The first-order valence-electron chi connectivity index (χ1n) is 10.9. The smallest absolute Gasteiger partial charge is 0.243 e. The first-order chi connectivity index (χ1) is 17.1. The van der Waals surface area contributed by atoms with Gasteiger partial charge in [-0.05, 0) is 66.7 Å². The van der Waals surface area contributed by atoms with Crippen LogP contribution in [0.1, 0.15) is 18.4 Å². The molecule has 3 aromatic rings. The zero-order valence-corrected chi connectivity index (χ0v) is 22.6. The van der Waals surface area contributed by atoms with Crippen LogP contribution in [0.5, 0.6) is 5.75 Å². The van der Waals surface area contributed by atoms with Gasteiger partial charge in [0.2, 0.25) is 15.9 Å². The lowest BCUT2D eigenvalue weighted by molar-refractivity contribution is -0.119. The minimum absolute atomic E-state index is 0.110. The summed E-state index contributed by atoms with van der Waals surface area (Å²) < 4.78 is 32.6. The van der Waals surface area contributed by atoms with Gasteiger partial charge in [-0.2, -0.15) is 4.31 Å². The highest BCUT2D eigenvalue weighted by Gasteiger charge is 2.20. The molecule has 190 valence electrons. The second-order valence-corrected chi connectivity index (χ2v) is 11.1. The SMILES string of the molecule is CN(Cc1ccccc1)S(=O)(=O)c1ccc(NC(=S)NC(=O)CCCOc2ccc(Cl)cc2Cl)cc1. The number of thiocarbonyl (C=S) groups is 1. The zero-order valence-electron chi connectivity index (χ0n) is 19.4. The van der Waals surface area contributed by atoms with Crippen LogP contribution in [0, 0.1) is 0 Å². The van der Waals surface area contributed by atoms with Crippen LogP contribution < -0.4 is 15.4 Å². The van der Waals surface area contributed by atoms with Gasteiger partial charge < -0.3 is 15.4 Å². The van der Waals surface area contributed by atoms with E-state index in [1.807, 2.05) is 30.3 Å². The molecule has 1 amide bonds. The van der Waals surface area contributed by atoms with Crippen LogP contribution in [0.3, 0.4) is 0 Å². The molecule has 36 heavy (non-hydrogen) atoms. The highest BCUT2D eigenvalue weighted by molar-refractivity contribution is 7.89. The maximum absolute atomic E-state index is 12.9. The van der Waals surface area contributed by atoms with Gasteiger partial charge in [-0.15, -0.1) is 0 Å². The van der Waals surface area contributed by atoms with Gasteiger partial charge in [0, 0.05) is 30.7 Å². The molecule has 0 heterocycles. The summed E-state index contributed by atoms with van der Waals surface area (Å²) >= 11 is 17.1. The molecular weight excluding hydrogens is 541 g/mol. The van der Waals surface area contributed by atoms with E-state index >= 15 is 0 Å². The fraction of sp³-hybridized carbons (Fsp3) is 0.200. The number of nitrogens with one attached hydrogen (secondary N) is 2. The number of benzene rings is 3. The zero-order chi connectivity index (χ0) is 26.1. The summed E-state index contributed by atoms with van der Waals surface area (Å²) in [7, 11) is -2.13. The number of carbonyl (C=O) groups excluding carboxylic acids is 1. The first kappa shape index (κ1) is 27.9. The number of hydrogen-bond donors (Lipinski definition) is 2. The van der Waals surface area contributed by atoms with E-state index in [9.17, 15) is 13.2 Å².